The number of nitro groups is 1. The first-order valence-electron chi connectivity index (χ1n) is 6.13. The molecule has 0 aliphatic rings. The number of nitrogens with zero attached hydrogens (tertiary/aromatic N) is 2. The van der Waals surface area contributed by atoms with E-state index in [0.29, 0.717) is 22.3 Å². The van der Waals surface area contributed by atoms with Crippen LogP contribution in [0.2, 0.25) is 0 Å². The van der Waals surface area contributed by atoms with Gasteiger partial charge in [-0.2, -0.15) is 0 Å². The van der Waals surface area contributed by atoms with Crippen molar-refractivity contribution in [3.63, 3.8) is 0 Å². The molecule has 104 valence electrons. The fourth-order valence-electron chi connectivity index (χ4n) is 2.07. The van der Waals surface area contributed by atoms with Crippen LogP contribution in [0.3, 0.4) is 0 Å². The molecule has 0 aliphatic heterocycles. The van der Waals surface area contributed by atoms with Crippen molar-refractivity contribution in [2.24, 2.45) is 0 Å². The lowest BCUT2D eigenvalue weighted by atomic mass is 10.1. The highest BCUT2D eigenvalue weighted by Crippen LogP contribution is 2.35. The molecule has 6 nitrogen and oxygen atoms in total. The first kappa shape index (κ1) is 12.9. The Kier molecular flexibility index (Phi) is 3.12. The largest absolute Gasteiger partial charge is 0.508 e. The van der Waals surface area contributed by atoms with Crippen LogP contribution in [0.4, 0.5) is 5.69 Å². The minimum Gasteiger partial charge on any atom is -0.508 e. The van der Waals surface area contributed by atoms with Gasteiger partial charge >= 0.3 is 0 Å². The van der Waals surface area contributed by atoms with Gasteiger partial charge in [0.05, 0.1) is 10.3 Å². The van der Waals surface area contributed by atoms with Crippen molar-refractivity contribution in [2.75, 3.05) is 0 Å². The highest BCUT2D eigenvalue weighted by Gasteiger charge is 2.15. The standard InChI is InChI=1S/C15H10N2O4/c18-10-2-1-3-11(8-10)21-15-5-4-14(17(19)20)13-9-16-7-6-12(13)15/h1-9,18H. The molecule has 0 unspecified atom stereocenters. The number of rotatable bonds is 3. The second kappa shape index (κ2) is 5.09. The van der Waals surface area contributed by atoms with Gasteiger partial charge in [0.1, 0.15) is 17.2 Å². The molecule has 2 aromatic carbocycles. The fourth-order valence-corrected chi connectivity index (χ4v) is 2.07. The van der Waals surface area contributed by atoms with Crippen LogP contribution < -0.4 is 4.74 Å². The summed E-state index contributed by atoms with van der Waals surface area (Å²) >= 11 is 0. The van der Waals surface area contributed by atoms with Gasteiger partial charge in [0, 0.05) is 29.9 Å². The molecule has 0 spiro atoms. The molecule has 0 amide bonds. The maximum atomic E-state index is 11.0. The molecule has 0 saturated heterocycles. The number of ether oxygens (including phenoxy) is 1. The van der Waals surface area contributed by atoms with Crippen molar-refractivity contribution in [3.05, 3.63) is 65.0 Å². The highest BCUT2D eigenvalue weighted by atomic mass is 16.6. The van der Waals surface area contributed by atoms with Crippen LogP contribution in [-0.2, 0) is 0 Å². The smallest absolute Gasteiger partial charge is 0.279 e. The van der Waals surface area contributed by atoms with E-state index < -0.39 is 4.92 Å². The summed E-state index contributed by atoms with van der Waals surface area (Å²) in [4.78, 5) is 14.5. The molecule has 21 heavy (non-hydrogen) atoms. The minimum atomic E-state index is -0.456. The van der Waals surface area contributed by atoms with Crippen LogP contribution in [-0.4, -0.2) is 15.0 Å². The van der Waals surface area contributed by atoms with E-state index in [9.17, 15) is 15.2 Å². The van der Waals surface area contributed by atoms with Crippen molar-refractivity contribution in [2.45, 2.75) is 0 Å². The van der Waals surface area contributed by atoms with E-state index in [1.165, 1.54) is 30.5 Å². The zero-order chi connectivity index (χ0) is 14.8. The number of non-ortho nitro benzene ring substituents is 1. The number of nitro benzene ring substituents is 1. The Labute approximate surface area is 119 Å². The summed E-state index contributed by atoms with van der Waals surface area (Å²) in [6.45, 7) is 0. The Morgan fingerprint density at radius 3 is 2.76 bits per heavy atom. The predicted molar refractivity (Wildman–Crippen MR) is 76.6 cm³/mol. The molecule has 1 heterocycles. The number of aromatic hydroxyl groups is 1. The summed E-state index contributed by atoms with van der Waals surface area (Å²) < 4.78 is 5.70. The van der Waals surface area contributed by atoms with E-state index in [1.54, 1.807) is 24.4 Å². The number of fused-ring (bicyclic) bond motifs is 1. The number of hydrogen-bond acceptors (Lipinski definition) is 5. The van der Waals surface area contributed by atoms with Gasteiger partial charge in [-0.15, -0.1) is 0 Å². The maximum absolute atomic E-state index is 11.0. The molecule has 6 heteroatoms. The van der Waals surface area contributed by atoms with Crippen molar-refractivity contribution in [1.29, 1.82) is 0 Å². The number of hydrogen-bond donors (Lipinski definition) is 1. The van der Waals surface area contributed by atoms with Crippen LogP contribution >= 0.6 is 0 Å². The molecule has 1 N–H and O–H groups in total. The molecule has 3 rings (SSSR count). The van der Waals surface area contributed by atoms with E-state index >= 15 is 0 Å². The van der Waals surface area contributed by atoms with Crippen molar-refractivity contribution < 1.29 is 14.8 Å². The predicted octanol–water partition coefficient (Wildman–Crippen LogP) is 3.64. The quantitative estimate of drug-likeness (QED) is 0.585. The van der Waals surface area contributed by atoms with Gasteiger partial charge < -0.3 is 9.84 Å². The van der Waals surface area contributed by atoms with E-state index in [0.717, 1.165) is 0 Å². The number of phenolic OH excluding ortho intramolecular Hbond substituents is 1. The number of aromatic nitrogens is 1. The molecule has 1 aromatic heterocycles. The molecule has 3 aromatic rings. The van der Waals surface area contributed by atoms with Crippen LogP contribution in [0.15, 0.2) is 54.9 Å². The molecule has 0 radical (unpaired) electrons. The highest BCUT2D eigenvalue weighted by molar-refractivity contribution is 5.94. The SMILES string of the molecule is O=[N+]([O-])c1ccc(Oc2cccc(O)c2)c2ccncc12. The zero-order valence-electron chi connectivity index (χ0n) is 10.8. The Morgan fingerprint density at radius 1 is 1.14 bits per heavy atom. The average molecular weight is 282 g/mol. The van der Waals surface area contributed by atoms with E-state index in [2.05, 4.69) is 4.98 Å². The zero-order valence-corrected chi connectivity index (χ0v) is 10.8. The second-order valence-corrected chi connectivity index (χ2v) is 4.36. The lowest BCUT2D eigenvalue weighted by Gasteiger charge is -2.09. The number of pyridine rings is 1. The molecule has 0 saturated carbocycles. The summed E-state index contributed by atoms with van der Waals surface area (Å²) in [5.41, 5.74) is -0.0265. The summed E-state index contributed by atoms with van der Waals surface area (Å²) in [7, 11) is 0. The maximum Gasteiger partial charge on any atom is 0.279 e. The monoisotopic (exact) mass is 282 g/mol. The van der Waals surface area contributed by atoms with Gasteiger partial charge in [-0.05, 0) is 24.3 Å². The molecule has 0 aliphatic carbocycles. The topological polar surface area (TPSA) is 85.5 Å². The van der Waals surface area contributed by atoms with Crippen molar-refractivity contribution >= 4 is 16.5 Å². The Bertz CT molecular complexity index is 833. The van der Waals surface area contributed by atoms with Crippen LogP contribution in [0, 0.1) is 10.1 Å². The summed E-state index contributed by atoms with van der Waals surface area (Å²) in [5.74, 6) is 0.992. The Morgan fingerprint density at radius 2 is 2.00 bits per heavy atom. The molecule has 0 fully saturated rings. The van der Waals surface area contributed by atoms with Gasteiger partial charge in [-0.1, -0.05) is 6.07 Å². The van der Waals surface area contributed by atoms with Gasteiger partial charge in [-0.3, -0.25) is 15.1 Å². The number of benzene rings is 2. The third kappa shape index (κ3) is 2.46. The third-order valence-corrected chi connectivity index (χ3v) is 3.00. The normalized spacial score (nSPS) is 10.5. The summed E-state index contributed by atoms with van der Waals surface area (Å²) in [6.07, 6.45) is 2.98. The summed E-state index contributed by atoms with van der Waals surface area (Å²) in [6, 6.07) is 10.9. The Balaban J connectivity index is 2.12. The second-order valence-electron chi connectivity index (χ2n) is 4.36. The van der Waals surface area contributed by atoms with E-state index in [1.807, 2.05) is 0 Å². The molecule has 0 bridgehead atoms. The lowest BCUT2D eigenvalue weighted by Crippen LogP contribution is -1.92. The average Bonchev–Trinajstić information content (AvgIpc) is 2.47. The van der Waals surface area contributed by atoms with Crippen molar-refractivity contribution in [3.8, 4) is 17.2 Å². The van der Waals surface area contributed by atoms with Crippen molar-refractivity contribution in [1.82, 2.24) is 4.98 Å². The first-order valence-corrected chi connectivity index (χ1v) is 6.13. The number of phenols is 1. The van der Waals surface area contributed by atoms with Crippen LogP contribution in [0.1, 0.15) is 0 Å². The van der Waals surface area contributed by atoms with Crippen LogP contribution in [0.25, 0.3) is 10.8 Å². The fraction of sp³-hybridized carbons (Fsp3) is 0. The molecule has 0 atom stereocenters. The lowest BCUT2D eigenvalue weighted by molar-refractivity contribution is -0.383. The molecular formula is C15H10N2O4. The first-order chi connectivity index (χ1) is 10.1. The minimum absolute atomic E-state index is 0.0265. The summed E-state index contributed by atoms with van der Waals surface area (Å²) in [5, 5.41) is 21.5. The van der Waals surface area contributed by atoms with Gasteiger partial charge in [0.25, 0.3) is 5.69 Å². The molecular weight excluding hydrogens is 272 g/mol. The van der Waals surface area contributed by atoms with Gasteiger partial charge in [-0.25, -0.2) is 0 Å². The van der Waals surface area contributed by atoms with Crippen LogP contribution in [0.5, 0.6) is 17.2 Å². The van der Waals surface area contributed by atoms with Gasteiger partial charge in [0.2, 0.25) is 0 Å². The van der Waals surface area contributed by atoms with E-state index in [4.69, 9.17) is 4.74 Å². The Hall–Kier alpha value is -3.15. The van der Waals surface area contributed by atoms with E-state index in [-0.39, 0.29) is 11.4 Å². The third-order valence-electron chi connectivity index (χ3n) is 3.00. The van der Waals surface area contributed by atoms with Gasteiger partial charge in [0.15, 0.2) is 0 Å².